The number of barbiturate groups is 1. The van der Waals surface area contributed by atoms with Crippen molar-refractivity contribution in [2.45, 2.75) is 12.8 Å². The summed E-state index contributed by atoms with van der Waals surface area (Å²) < 4.78 is 50.2. The standard InChI is InChI=1S/C31H19ClF3N3O7/c32-24-15-19(6-12-26(24)45-27-13-7-20(31(33,34)35)16-25(27)38(42)43)14-23-28(39)36-30(41)37(29(23)40)21-8-10-22(11-9-21)44-17-18-4-2-1-3-5-18/h1-16H,17H2,(H,36,39,41)/b23-14+. The van der Waals surface area contributed by atoms with Crippen molar-refractivity contribution in [2.24, 2.45) is 0 Å². The van der Waals surface area contributed by atoms with E-state index in [1.165, 1.54) is 36.4 Å². The van der Waals surface area contributed by atoms with Crippen LogP contribution in [0.2, 0.25) is 5.02 Å². The van der Waals surface area contributed by atoms with Gasteiger partial charge in [0, 0.05) is 6.07 Å². The van der Waals surface area contributed by atoms with Crippen LogP contribution >= 0.6 is 11.6 Å². The number of carbonyl (C=O) groups is 3. The highest BCUT2D eigenvalue weighted by Crippen LogP contribution is 2.39. The molecule has 14 heteroatoms. The number of anilines is 1. The van der Waals surface area contributed by atoms with Gasteiger partial charge in [0.05, 0.1) is 21.2 Å². The molecule has 228 valence electrons. The van der Waals surface area contributed by atoms with Crippen molar-refractivity contribution in [3.63, 3.8) is 0 Å². The number of nitrogens with zero attached hydrogens (tertiary/aromatic N) is 2. The molecule has 4 aromatic carbocycles. The number of carbonyl (C=O) groups excluding carboxylic acids is 3. The van der Waals surface area contributed by atoms with Crippen LogP contribution in [0.25, 0.3) is 6.08 Å². The number of alkyl halides is 3. The second-order valence-corrected chi connectivity index (χ2v) is 9.86. The average Bonchev–Trinajstić information content (AvgIpc) is 3.00. The molecule has 4 aromatic rings. The number of rotatable bonds is 8. The molecule has 1 saturated heterocycles. The molecule has 45 heavy (non-hydrogen) atoms. The lowest BCUT2D eigenvalue weighted by Gasteiger charge is -2.26. The van der Waals surface area contributed by atoms with Gasteiger partial charge in [-0.05, 0) is 65.7 Å². The fraction of sp³-hybridized carbons (Fsp3) is 0.0645. The third kappa shape index (κ3) is 6.94. The van der Waals surface area contributed by atoms with E-state index in [0.717, 1.165) is 16.5 Å². The second-order valence-electron chi connectivity index (χ2n) is 9.46. The van der Waals surface area contributed by atoms with Crippen LogP contribution in [0.15, 0.2) is 96.6 Å². The molecule has 0 bridgehead atoms. The van der Waals surface area contributed by atoms with Gasteiger partial charge in [-0.25, -0.2) is 9.69 Å². The third-order valence-electron chi connectivity index (χ3n) is 6.41. The van der Waals surface area contributed by atoms with E-state index in [4.69, 9.17) is 21.1 Å². The highest BCUT2D eigenvalue weighted by Gasteiger charge is 2.37. The predicted octanol–water partition coefficient (Wildman–Crippen LogP) is 7.30. The minimum atomic E-state index is -4.81. The third-order valence-corrected chi connectivity index (χ3v) is 6.71. The van der Waals surface area contributed by atoms with Crippen LogP contribution < -0.4 is 19.7 Å². The summed E-state index contributed by atoms with van der Waals surface area (Å²) in [6, 6.07) is 20.2. The SMILES string of the molecule is O=C1NC(=O)N(c2ccc(OCc3ccccc3)cc2)C(=O)/C1=C/c1ccc(Oc2ccc(C(F)(F)F)cc2[N+](=O)[O-])c(Cl)c1. The van der Waals surface area contributed by atoms with Crippen LogP contribution in [0, 0.1) is 10.1 Å². The van der Waals surface area contributed by atoms with Crippen LogP contribution in [0.4, 0.5) is 29.3 Å². The molecule has 0 spiro atoms. The van der Waals surface area contributed by atoms with Crippen LogP contribution in [0.1, 0.15) is 16.7 Å². The number of halogens is 4. The molecule has 0 atom stereocenters. The molecule has 1 aliphatic rings. The number of imide groups is 2. The summed E-state index contributed by atoms with van der Waals surface area (Å²) in [6.07, 6.45) is -3.63. The molecule has 1 fully saturated rings. The van der Waals surface area contributed by atoms with E-state index in [1.807, 2.05) is 30.3 Å². The lowest BCUT2D eigenvalue weighted by atomic mass is 10.1. The molecule has 4 amide bonds. The molecular formula is C31H19ClF3N3O7. The van der Waals surface area contributed by atoms with Gasteiger partial charge in [-0.1, -0.05) is 48.0 Å². The molecule has 0 radical (unpaired) electrons. The first kappa shape index (κ1) is 30.8. The first-order valence-electron chi connectivity index (χ1n) is 12.9. The van der Waals surface area contributed by atoms with Gasteiger partial charge in [-0.3, -0.25) is 25.0 Å². The first-order valence-corrected chi connectivity index (χ1v) is 13.3. The Balaban J connectivity index is 1.34. The smallest absolute Gasteiger partial charge is 0.416 e. The zero-order valence-electron chi connectivity index (χ0n) is 22.7. The van der Waals surface area contributed by atoms with Crippen LogP contribution in [-0.4, -0.2) is 22.8 Å². The summed E-state index contributed by atoms with van der Waals surface area (Å²) in [7, 11) is 0. The van der Waals surface area contributed by atoms with Crippen molar-refractivity contribution in [1.82, 2.24) is 5.32 Å². The Hall–Kier alpha value is -5.69. The average molecular weight is 638 g/mol. The fourth-order valence-electron chi connectivity index (χ4n) is 4.22. The van der Waals surface area contributed by atoms with Crippen molar-refractivity contribution >= 4 is 46.9 Å². The van der Waals surface area contributed by atoms with E-state index in [0.29, 0.717) is 24.5 Å². The summed E-state index contributed by atoms with van der Waals surface area (Å²) >= 11 is 6.27. The van der Waals surface area contributed by atoms with Gasteiger partial charge >= 0.3 is 17.9 Å². The van der Waals surface area contributed by atoms with Gasteiger partial charge < -0.3 is 9.47 Å². The Kier molecular flexibility index (Phi) is 8.55. The molecule has 1 N–H and O–H groups in total. The maximum atomic E-state index is 13.3. The van der Waals surface area contributed by atoms with Crippen molar-refractivity contribution in [2.75, 3.05) is 4.90 Å². The Morgan fingerprint density at radius 3 is 2.24 bits per heavy atom. The van der Waals surface area contributed by atoms with Crippen LogP contribution in [0.3, 0.4) is 0 Å². The van der Waals surface area contributed by atoms with E-state index in [9.17, 15) is 37.7 Å². The minimum Gasteiger partial charge on any atom is -0.489 e. The Morgan fingerprint density at radius 2 is 1.60 bits per heavy atom. The summed E-state index contributed by atoms with van der Waals surface area (Å²) in [5.41, 5.74) is -1.24. The van der Waals surface area contributed by atoms with Crippen molar-refractivity contribution < 1.29 is 42.0 Å². The van der Waals surface area contributed by atoms with E-state index >= 15 is 0 Å². The highest BCUT2D eigenvalue weighted by atomic mass is 35.5. The van der Waals surface area contributed by atoms with Crippen molar-refractivity contribution in [3.05, 3.63) is 128 Å². The molecule has 1 aliphatic heterocycles. The quantitative estimate of drug-likeness (QED) is 0.0929. The normalized spacial score (nSPS) is 14.4. The summed E-state index contributed by atoms with van der Waals surface area (Å²) in [6.45, 7) is 0.304. The molecule has 0 unspecified atom stereocenters. The molecular weight excluding hydrogens is 619 g/mol. The second kappa shape index (κ2) is 12.5. The molecule has 0 aromatic heterocycles. The Morgan fingerprint density at radius 1 is 0.911 bits per heavy atom. The van der Waals surface area contributed by atoms with Gasteiger partial charge in [-0.2, -0.15) is 13.2 Å². The topological polar surface area (TPSA) is 128 Å². The van der Waals surface area contributed by atoms with Crippen molar-refractivity contribution in [3.8, 4) is 17.2 Å². The number of ether oxygens (including phenoxy) is 2. The number of urea groups is 1. The number of nitro benzene ring substituents is 1. The maximum Gasteiger partial charge on any atom is 0.416 e. The largest absolute Gasteiger partial charge is 0.489 e. The van der Waals surface area contributed by atoms with E-state index < -0.39 is 51.5 Å². The summed E-state index contributed by atoms with van der Waals surface area (Å²) in [5, 5.41) is 13.3. The molecule has 5 rings (SSSR count). The summed E-state index contributed by atoms with van der Waals surface area (Å²) in [5.74, 6) is -2.03. The minimum absolute atomic E-state index is 0.138. The summed E-state index contributed by atoms with van der Waals surface area (Å²) in [4.78, 5) is 49.6. The highest BCUT2D eigenvalue weighted by molar-refractivity contribution is 6.39. The van der Waals surface area contributed by atoms with Crippen molar-refractivity contribution in [1.29, 1.82) is 0 Å². The van der Waals surface area contributed by atoms with Gasteiger partial charge in [0.15, 0.2) is 0 Å². The van der Waals surface area contributed by atoms with E-state index in [2.05, 4.69) is 5.32 Å². The number of amides is 4. The first-order chi connectivity index (χ1) is 21.4. The van der Waals surface area contributed by atoms with E-state index in [-0.39, 0.29) is 22.0 Å². The lowest BCUT2D eigenvalue weighted by molar-refractivity contribution is -0.385. The maximum absolute atomic E-state index is 13.3. The zero-order valence-corrected chi connectivity index (χ0v) is 23.5. The Bertz CT molecular complexity index is 1850. The van der Waals surface area contributed by atoms with Gasteiger partial charge in [0.2, 0.25) is 5.75 Å². The number of nitro groups is 1. The zero-order chi connectivity index (χ0) is 32.3. The lowest BCUT2D eigenvalue weighted by Crippen LogP contribution is -2.54. The number of hydrogen-bond acceptors (Lipinski definition) is 7. The van der Waals surface area contributed by atoms with E-state index in [1.54, 1.807) is 12.1 Å². The molecule has 0 saturated carbocycles. The monoisotopic (exact) mass is 637 g/mol. The fourth-order valence-corrected chi connectivity index (χ4v) is 4.45. The Labute approximate surface area is 257 Å². The van der Waals surface area contributed by atoms with Crippen LogP contribution in [0.5, 0.6) is 17.2 Å². The molecule has 0 aliphatic carbocycles. The predicted molar refractivity (Wildman–Crippen MR) is 156 cm³/mol. The molecule has 1 heterocycles. The van der Waals surface area contributed by atoms with Gasteiger partial charge in [0.25, 0.3) is 11.8 Å². The number of hydrogen-bond donors (Lipinski definition) is 1. The van der Waals surface area contributed by atoms with Crippen LogP contribution in [-0.2, 0) is 22.4 Å². The number of nitrogens with one attached hydrogen (secondary N) is 1. The number of benzene rings is 4. The van der Waals surface area contributed by atoms with Gasteiger partial charge in [0.1, 0.15) is 23.7 Å². The van der Waals surface area contributed by atoms with Gasteiger partial charge in [-0.15, -0.1) is 0 Å². The molecule has 10 nitrogen and oxygen atoms in total.